The highest BCUT2D eigenvalue weighted by Gasteiger charge is 2.28. The van der Waals surface area contributed by atoms with Crippen LogP contribution in [0.5, 0.6) is 0 Å². The van der Waals surface area contributed by atoms with Crippen molar-refractivity contribution >= 4 is 11.5 Å². The van der Waals surface area contributed by atoms with Crippen molar-refractivity contribution in [1.29, 1.82) is 0 Å². The van der Waals surface area contributed by atoms with Crippen molar-refractivity contribution in [2.24, 2.45) is 7.05 Å². The summed E-state index contributed by atoms with van der Waals surface area (Å²) in [6.45, 7) is 5.44. The standard InChI is InChI=1S/C11H17N3O3/c1-5-8(15)6-9-11(14(16)17)10(7(2)3)12-13(9)4/h7H,5-6H2,1-4H3. The summed E-state index contributed by atoms with van der Waals surface area (Å²) < 4.78 is 1.45. The molecule has 17 heavy (non-hydrogen) atoms. The lowest BCUT2D eigenvalue weighted by atomic mass is 10.1. The molecule has 1 aromatic rings. The molecule has 1 rings (SSSR count). The fourth-order valence-corrected chi connectivity index (χ4v) is 1.67. The maximum atomic E-state index is 11.4. The second-order valence-electron chi connectivity index (χ2n) is 4.28. The van der Waals surface area contributed by atoms with E-state index in [0.717, 1.165) is 0 Å². The number of hydrogen-bond donors (Lipinski definition) is 0. The molecule has 0 aliphatic heterocycles. The van der Waals surface area contributed by atoms with Crippen LogP contribution in [0.3, 0.4) is 0 Å². The third-order valence-corrected chi connectivity index (χ3v) is 2.65. The number of carbonyl (C=O) groups is 1. The third-order valence-electron chi connectivity index (χ3n) is 2.65. The van der Waals surface area contributed by atoms with Crippen LogP contribution in [0.1, 0.15) is 44.5 Å². The zero-order valence-corrected chi connectivity index (χ0v) is 10.6. The number of rotatable bonds is 5. The van der Waals surface area contributed by atoms with Gasteiger partial charge in [0.1, 0.15) is 17.2 Å². The molecular formula is C11H17N3O3. The SMILES string of the molecule is CCC(=O)Cc1c([N+](=O)[O-])c(C(C)C)nn1C. The van der Waals surface area contributed by atoms with E-state index in [9.17, 15) is 14.9 Å². The number of aryl methyl sites for hydroxylation is 1. The van der Waals surface area contributed by atoms with Crippen LogP contribution in [0.2, 0.25) is 0 Å². The van der Waals surface area contributed by atoms with Crippen LogP contribution in [0, 0.1) is 10.1 Å². The first kappa shape index (κ1) is 13.3. The Morgan fingerprint density at radius 1 is 1.53 bits per heavy atom. The fraction of sp³-hybridized carbons (Fsp3) is 0.636. The summed E-state index contributed by atoms with van der Waals surface area (Å²) in [5.74, 6) is -0.0570. The number of hydrogen-bond acceptors (Lipinski definition) is 4. The van der Waals surface area contributed by atoms with Crippen LogP contribution >= 0.6 is 0 Å². The Labute approximate surface area is 99.8 Å². The first-order valence-electron chi connectivity index (χ1n) is 5.60. The van der Waals surface area contributed by atoms with E-state index >= 15 is 0 Å². The average molecular weight is 239 g/mol. The van der Waals surface area contributed by atoms with Crippen LogP contribution in [0.4, 0.5) is 5.69 Å². The summed E-state index contributed by atoms with van der Waals surface area (Å²) in [5.41, 5.74) is 0.825. The quantitative estimate of drug-likeness (QED) is 0.581. The summed E-state index contributed by atoms with van der Waals surface area (Å²) >= 11 is 0. The number of Topliss-reactive ketones (excluding diaryl/α,β-unsaturated/α-hetero) is 1. The lowest BCUT2D eigenvalue weighted by Gasteiger charge is -2.00. The number of ketones is 1. The van der Waals surface area contributed by atoms with Crippen molar-refractivity contribution in [3.8, 4) is 0 Å². The van der Waals surface area contributed by atoms with Crippen LogP contribution in [-0.4, -0.2) is 20.5 Å². The molecule has 0 aliphatic carbocycles. The molecule has 94 valence electrons. The van der Waals surface area contributed by atoms with Gasteiger partial charge in [-0.3, -0.25) is 19.6 Å². The molecule has 0 fully saturated rings. The van der Waals surface area contributed by atoms with Gasteiger partial charge in [-0.1, -0.05) is 20.8 Å². The van der Waals surface area contributed by atoms with Gasteiger partial charge in [0.25, 0.3) is 0 Å². The van der Waals surface area contributed by atoms with Gasteiger partial charge in [-0.2, -0.15) is 5.10 Å². The topological polar surface area (TPSA) is 78.0 Å². The minimum Gasteiger partial charge on any atom is -0.299 e. The number of nitro groups is 1. The zero-order valence-electron chi connectivity index (χ0n) is 10.6. The molecule has 1 heterocycles. The summed E-state index contributed by atoms with van der Waals surface area (Å²) in [6.07, 6.45) is 0.447. The Bertz CT molecular complexity index is 449. The molecule has 0 unspecified atom stereocenters. The molecule has 0 spiro atoms. The molecular weight excluding hydrogens is 222 g/mol. The maximum Gasteiger partial charge on any atom is 0.314 e. The largest absolute Gasteiger partial charge is 0.314 e. The number of carbonyl (C=O) groups excluding carboxylic acids is 1. The van der Waals surface area contributed by atoms with E-state index in [1.807, 2.05) is 13.8 Å². The van der Waals surface area contributed by atoms with Crippen molar-refractivity contribution in [1.82, 2.24) is 9.78 Å². The first-order valence-corrected chi connectivity index (χ1v) is 5.60. The Morgan fingerprint density at radius 3 is 2.53 bits per heavy atom. The van der Waals surface area contributed by atoms with Gasteiger partial charge < -0.3 is 0 Å². The minimum atomic E-state index is -0.444. The lowest BCUT2D eigenvalue weighted by Crippen LogP contribution is -2.08. The summed E-state index contributed by atoms with van der Waals surface area (Å²) in [5, 5.41) is 15.2. The monoisotopic (exact) mass is 239 g/mol. The van der Waals surface area contributed by atoms with Gasteiger partial charge in [0.05, 0.1) is 11.3 Å². The Kier molecular flexibility index (Phi) is 3.98. The molecule has 6 nitrogen and oxygen atoms in total. The van der Waals surface area contributed by atoms with E-state index < -0.39 is 4.92 Å². The Morgan fingerprint density at radius 2 is 2.12 bits per heavy atom. The second kappa shape index (κ2) is 5.07. The molecule has 0 N–H and O–H groups in total. The van der Waals surface area contributed by atoms with Gasteiger partial charge in [-0.15, -0.1) is 0 Å². The van der Waals surface area contributed by atoms with Gasteiger partial charge in [0.2, 0.25) is 0 Å². The van der Waals surface area contributed by atoms with Gasteiger partial charge in [0.15, 0.2) is 0 Å². The zero-order chi connectivity index (χ0) is 13.2. The smallest absolute Gasteiger partial charge is 0.299 e. The molecule has 0 bridgehead atoms. The van der Waals surface area contributed by atoms with E-state index in [0.29, 0.717) is 17.8 Å². The van der Waals surface area contributed by atoms with Gasteiger partial charge in [-0.25, -0.2) is 0 Å². The highest BCUT2D eigenvalue weighted by atomic mass is 16.6. The predicted octanol–water partition coefficient (Wildman–Crippen LogP) is 1.97. The summed E-state index contributed by atoms with van der Waals surface area (Å²) in [7, 11) is 1.64. The molecule has 6 heteroatoms. The summed E-state index contributed by atoms with van der Waals surface area (Å²) in [6, 6.07) is 0. The Balaban J connectivity index is 3.28. The average Bonchev–Trinajstić information content (AvgIpc) is 2.56. The van der Waals surface area contributed by atoms with E-state index in [-0.39, 0.29) is 23.8 Å². The molecule has 0 aromatic carbocycles. The molecule has 0 saturated carbocycles. The molecule has 0 atom stereocenters. The van der Waals surface area contributed by atoms with E-state index in [4.69, 9.17) is 0 Å². The molecule has 1 aromatic heterocycles. The summed E-state index contributed by atoms with van der Waals surface area (Å²) in [4.78, 5) is 22.1. The molecule has 0 saturated heterocycles. The number of nitrogens with zero attached hydrogens (tertiary/aromatic N) is 3. The minimum absolute atomic E-state index is 0.00991. The van der Waals surface area contributed by atoms with Gasteiger partial charge >= 0.3 is 5.69 Å². The van der Waals surface area contributed by atoms with Crippen molar-refractivity contribution in [2.75, 3.05) is 0 Å². The Hall–Kier alpha value is -1.72. The van der Waals surface area contributed by atoms with Crippen LogP contribution in [0.15, 0.2) is 0 Å². The first-order chi connectivity index (χ1) is 7.88. The van der Waals surface area contributed by atoms with Crippen molar-refractivity contribution in [2.45, 2.75) is 39.5 Å². The maximum absolute atomic E-state index is 11.4. The van der Waals surface area contributed by atoms with Crippen molar-refractivity contribution in [3.63, 3.8) is 0 Å². The van der Waals surface area contributed by atoms with Crippen LogP contribution in [0.25, 0.3) is 0 Å². The lowest BCUT2D eigenvalue weighted by molar-refractivity contribution is -0.386. The molecule has 0 amide bonds. The highest BCUT2D eigenvalue weighted by molar-refractivity contribution is 5.81. The van der Waals surface area contributed by atoms with Crippen molar-refractivity contribution in [3.05, 3.63) is 21.5 Å². The van der Waals surface area contributed by atoms with E-state index in [1.165, 1.54) is 4.68 Å². The third kappa shape index (κ3) is 2.69. The number of aromatic nitrogens is 2. The molecule has 0 radical (unpaired) electrons. The second-order valence-corrected chi connectivity index (χ2v) is 4.28. The normalized spacial score (nSPS) is 10.9. The van der Waals surface area contributed by atoms with E-state index in [2.05, 4.69) is 5.10 Å². The molecule has 0 aliphatic rings. The fourth-order valence-electron chi connectivity index (χ4n) is 1.67. The van der Waals surface area contributed by atoms with Gasteiger partial charge in [0, 0.05) is 19.4 Å². The highest BCUT2D eigenvalue weighted by Crippen LogP contribution is 2.29. The van der Waals surface area contributed by atoms with Crippen LogP contribution in [-0.2, 0) is 18.3 Å². The van der Waals surface area contributed by atoms with Gasteiger partial charge in [-0.05, 0) is 0 Å². The predicted molar refractivity (Wildman–Crippen MR) is 63.0 cm³/mol. The van der Waals surface area contributed by atoms with Crippen molar-refractivity contribution < 1.29 is 9.72 Å². The van der Waals surface area contributed by atoms with E-state index in [1.54, 1.807) is 14.0 Å². The van der Waals surface area contributed by atoms with Crippen LogP contribution < -0.4 is 0 Å².